The Labute approximate surface area is 161 Å². The first-order valence-electron chi connectivity index (χ1n) is 9.38. The van der Waals surface area contributed by atoms with Crippen LogP contribution in [0.3, 0.4) is 0 Å². The summed E-state index contributed by atoms with van der Waals surface area (Å²) in [5.74, 6) is 0.119. The highest BCUT2D eigenvalue weighted by atomic mass is 16.3. The molecule has 1 atom stereocenters. The van der Waals surface area contributed by atoms with E-state index >= 15 is 0 Å². The summed E-state index contributed by atoms with van der Waals surface area (Å²) >= 11 is 0. The minimum absolute atomic E-state index is 0.179. The van der Waals surface area contributed by atoms with Crippen LogP contribution < -0.4 is 0 Å². The van der Waals surface area contributed by atoms with Crippen molar-refractivity contribution in [1.82, 2.24) is 29.5 Å². The van der Waals surface area contributed by atoms with Crippen molar-refractivity contribution in [2.75, 3.05) is 6.54 Å². The van der Waals surface area contributed by atoms with Crippen LogP contribution in [0.2, 0.25) is 0 Å². The molecule has 1 N–H and O–H groups in total. The molecule has 8 nitrogen and oxygen atoms in total. The van der Waals surface area contributed by atoms with Gasteiger partial charge in [0.05, 0.1) is 28.9 Å². The summed E-state index contributed by atoms with van der Waals surface area (Å²) in [7, 11) is 0. The van der Waals surface area contributed by atoms with Gasteiger partial charge in [0.15, 0.2) is 6.39 Å². The molecular formula is C20H20N6O2. The molecule has 5 heterocycles. The maximum absolute atomic E-state index is 13.4. The van der Waals surface area contributed by atoms with E-state index in [0.29, 0.717) is 30.8 Å². The minimum atomic E-state index is -0.378. The number of rotatable bonds is 3. The topological polar surface area (TPSA) is 92.3 Å². The van der Waals surface area contributed by atoms with Gasteiger partial charge >= 0.3 is 0 Å². The molecule has 0 unspecified atom stereocenters. The molecule has 28 heavy (non-hydrogen) atoms. The molecule has 0 bridgehead atoms. The van der Waals surface area contributed by atoms with Crippen molar-refractivity contribution in [1.29, 1.82) is 0 Å². The second kappa shape index (κ2) is 6.33. The largest absolute Gasteiger partial charge is 0.438 e. The smallest absolute Gasteiger partial charge is 0.292 e. The lowest BCUT2D eigenvalue weighted by atomic mass is 9.99. The van der Waals surface area contributed by atoms with Crippen molar-refractivity contribution in [3.05, 3.63) is 71.2 Å². The first kappa shape index (κ1) is 16.7. The summed E-state index contributed by atoms with van der Waals surface area (Å²) < 4.78 is 7.34. The third-order valence-electron chi connectivity index (χ3n) is 5.33. The number of amides is 1. The van der Waals surface area contributed by atoms with Crippen LogP contribution in [0.25, 0.3) is 5.52 Å². The fraction of sp³-hybridized carbons (Fsp3) is 0.300. The monoisotopic (exact) mass is 376 g/mol. The summed E-state index contributed by atoms with van der Waals surface area (Å²) in [5.41, 5.74) is 5.34. The third kappa shape index (κ3) is 2.45. The SMILES string of the molecule is CCc1ncoc1C(=O)N1CCc2[nH]cnc2[C@H]1c1cc2cccc(C)n2n1. The Balaban J connectivity index is 1.64. The van der Waals surface area contributed by atoms with E-state index in [1.54, 1.807) is 11.2 Å². The van der Waals surface area contributed by atoms with E-state index in [1.165, 1.54) is 6.39 Å². The summed E-state index contributed by atoms with van der Waals surface area (Å²) in [6.45, 7) is 4.52. The van der Waals surface area contributed by atoms with Crippen LogP contribution >= 0.6 is 0 Å². The van der Waals surface area contributed by atoms with Crippen molar-refractivity contribution in [2.24, 2.45) is 0 Å². The number of imidazole rings is 1. The number of nitrogens with zero attached hydrogens (tertiary/aromatic N) is 5. The van der Waals surface area contributed by atoms with Gasteiger partial charge in [0.25, 0.3) is 5.91 Å². The Morgan fingerprint density at radius 1 is 1.36 bits per heavy atom. The standard InChI is InChI=1S/C20H20N6O2/c1-3-14-19(28-11-23-14)20(27)25-8-7-15-17(22-10-21-15)18(25)16-9-13-6-4-5-12(2)26(13)24-16/h4-6,9-11,18H,3,7-8H2,1-2H3,(H,21,22)/t18-/m1/s1. The van der Waals surface area contributed by atoms with Gasteiger partial charge < -0.3 is 14.3 Å². The number of hydrogen-bond acceptors (Lipinski definition) is 5. The van der Waals surface area contributed by atoms with Gasteiger partial charge in [-0.25, -0.2) is 14.5 Å². The average Bonchev–Trinajstić information content (AvgIpc) is 3.44. The highest BCUT2D eigenvalue weighted by Crippen LogP contribution is 2.34. The van der Waals surface area contributed by atoms with Gasteiger partial charge in [0, 0.05) is 24.4 Å². The van der Waals surface area contributed by atoms with Gasteiger partial charge in [-0.1, -0.05) is 13.0 Å². The van der Waals surface area contributed by atoms with Crippen LogP contribution in [0.5, 0.6) is 0 Å². The lowest BCUT2D eigenvalue weighted by molar-refractivity contribution is 0.0653. The van der Waals surface area contributed by atoms with Crippen LogP contribution in [0.1, 0.15) is 52.0 Å². The fourth-order valence-electron chi connectivity index (χ4n) is 3.93. The second-order valence-electron chi connectivity index (χ2n) is 6.97. The molecule has 4 aromatic rings. The number of nitrogens with one attached hydrogen (secondary N) is 1. The Morgan fingerprint density at radius 2 is 2.25 bits per heavy atom. The van der Waals surface area contributed by atoms with Gasteiger partial charge in [-0.05, 0) is 31.5 Å². The van der Waals surface area contributed by atoms with Crippen LogP contribution in [-0.4, -0.2) is 41.9 Å². The molecule has 0 spiro atoms. The first-order chi connectivity index (χ1) is 13.7. The van der Waals surface area contributed by atoms with Crippen LogP contribution in [0.4, 0.5) is 0 Å². The predicted molar refractivity (Wildman–Crippen MR) is 101 cm³/mol. The molecule has 1 aliphatic heterocycles. The number of carbonyl (C=O) groups excluding carboxylic acids is 1. The fourth-order valence-corrected chi connectivity index (χ4v) is 3.93. The van der Waals surface area contributed by atoms with Gasteiger partial charge in [0.1, 0.15) is 6.04 Å². The van der Waals surface area contributed by atoms with Crippen LogP contribution in [-0.2, 0) is 12.8 Å². The minimum Gasteiger partial charge on any atom is -0.438 e. The first-order valence-corrected chi connectivity index (χ1v) is 9.38. The number of aryl methyl sites for hydroxylation is 2. The van der Waals surface area contributed by atoms with E-state index in [4.69, 9.17) is 9.52 Å². The van der Waals surface area contributed by atoms with Crippen molar-refractivity contribution in [3.63, 3.8) is 0 Å². The number of fused-ring (bicyclic) bond motifs is 2. The predicted octanol–water partition coefficient (Wildman–Crippen LogP) is 2.70. The molecule has 0 aromatic carbocycles. The Kier molecular flexibility index (Phi) is 3.78. The molecular weight excluding hydrogens is 356 g/mol. The quantitative estimate of drug-likeness (QED) is 0.593. The Hall–Kier alpha value is -3.42. The molecule has 142 valence electrons. The number of pyridine rings is 1. The lowest BCUT2D eigenvalue weighted by Crippen LogP contribution is -2.41. The van der Waals surface area contributed by atoms with E-state index in [1.807, 2.05) is 42.6 Å². The second-order valence-corrected chi connectivity index (χ2v) is 6.97. The Bertz CT molecular complexity index is 1170. The number of hydrogen-bond donors (Lipinski definition) is 1. The number of aromatic nitrogens is 5. The maximum atomic E-state index is 13.4. The molecule has 5 rings (SSSR count). The van der Waals surface area contributed by atoms with E-state index < -0.39 is 0 Å². The average molecular weight is 376 g/mol. The molecule has 1 amide bonds. The maximum Gasteiger partial charge on any atom is 0.292 e. The summed E-state index contributed by atoms with van der Waals surface area (Å²) in [4.78, 5) is 27.0. The highest BCUT2D eigenvalue weighted by molar-refractivity contribution is 5.93. The molecule has 0 radical (unpaired) electrons. The van der Waals surface area contributed by atoms with Crippen LogP contribution in [0.15, 0.2) is 41.4 Å². The van der Waals surface area contributed by atoms with Crippen molar-refractivity contribution >= 4 is 11.4 Å². The molecule has 8 heteroatoms. The molecule has 4 aromatic heterocycles. The molecule has 0 fully saturated rings. The van der Waals surface area contributed by atoms with E-state index in [-0.39, 0.29) is 11.9 Å². The van der Waals surface area contributed by atoms with Gasteiger partial charge in [0.2, 0.25) is 5.76 Å². The van der Waals surface area contributed by atoms with Crippen molar-refractivity contribution < 1.29 is 9.21 Å². The molecule has 0 saturated heterocycles. The summed E-state index contributed by atoms with van der Waals surface area (Å²) in [6.07, 6.45) is 4.36. The highest BCUT2D eigenvalue weighted by Gasteiger charge is 2.38. The molecule has 0 saturated carbocycles. The third-order valence-corrected chi connectivity index (χ3v) is 5.33. The zero-order valence-electron chi connectivity index (χ0n) is 15.7. The van der Waals surface area contributed by atoms with Crippen LogP contribution in [0, 0.1) is 6.92 Å². The van der Waals surface area contributed by atoms with Crippen molar-refractivity contribution in [2.45, 2.75) is 32.7 Å². The molecule has 0 aliphatic carbocycles. The van der Waals surface area contributed by atoms with E-state index in [0.717, 1.165) is 28.3 Å². The Morgan fingerprint density at radius 3 is 3.07 bits per heavy atom. The van der Waals surface area contributed by atoms with Gasteiger partial charge in [-0.2, -0.15) is 5.10 Å². The zero-order chi connectivity index (χ0) is 19.3. The van der Waals surface area contributed by atoms with Crippen molar-refractivity contribution in [3.8, 4) is 0 Å². The summed E-state index contributed by atoms with van der Waals surface area (Å²) in [5, 5.41) is 4.79. The van der Waals surface area contributed by atoms with E-state index in [2.05, 4.69) is 15.0 Å². The van der Waals surface area contributed by atoms with Gasteiger partial charge in [-0.15, -0.1) is 0 Å². The lowest BCUT2D eigenvalue weighted by Gasteiger charge is -2.33. The number of oxazole rings is 1. The number of aromatic amines is 1. The number of H-pyrrole nitrogens is 1. The summed E-state index contributed by atoms with van der Waals surface area (Å²) in [6, 6.07) is 7.66. The number of carbonyl (C=O) groups is 1. The van der Waals surface area contributed by atoms with E-state index in [9.17, 15) is 4.79 Å². The molecule has 1 aliphatic rings. The van der Waals surface area contributed by atoms with Gasteiger partial charge in [-0.3, -0.25) is 4.79 Å². The normalized spacial score (nSPS) is 16.5. The zero-order valence-corrected chi connectivity index (χ0v) is 15.7.